The van der Waals surface area contributed by atoms with E-state index < -0.39 is 0 Å². The molecule has 0 atom stereocenters. The minimum atomic E-state index is 0.700. The zero-order valence-electron chi connectivity index (χ0n) is 12.2. The Morgan fingerprint density at radius 2 is 2.05 bits per heavy atom. The molecule has 21 heavy (non-hydrogen) atoms. The van der Waals surface area contributed by atoms with Gasteiger partial charge in [-0.25, -0.2) is 9.97 Å². The molecule has 0 amide bonds. The van der Waals surface area contributed by atoms with Gasteiger partial charge >= 0.3 is 0 Å². The Hall–Kier alpha value is -2.09. The number of anilines is 1. The normalized spacial score (nSPS) is 11.2. The molecule has 3 aromatic heterocycles. The lowest BCUT2D eigenvalue weighted by Crippen LogP contribution is -2.05. The number of hydrogen-bond donors (Lipinski definition) is 1. The largest absolute Gasteiger partial charge is 0.370 e. The predicted octanol–water partition coefficient (Wildman–Crippen LogP) is 1.82. The van der Waals surface area contributed by atoms with E-state index in [1.165, 1.54) is 0 Å². The van der Waals surface area contributed by atoms with E-state index in [1.54, 1.807) is 27.3 Å². The van der Waals surface area contributed by atoms with E-state index in [4.69, 9.17) is 0 Å². The van der Waals surface area contributed by atoms with Crippen LogP contribution in [0.4, 0.5) is 5.82 Å². The van der Waals surface area contributed by atoms with Gasteiger partial charge in [0.25, 0.3) is 0 Å². The van der Waals surface area contributed by atoms with Gasteiger partial charge in [0, 0.05) is 31.7 Å². The van der Waals surface area contributed by atoms with Crippen LogP contribution in [0.2, 0.25) is 0 Å². The fourth-order valence-corrected chi connectivity index (χ4v) is 2.83. The molecule has 0 aromatic carbocycles. The minimum Gasteiger partial charge on any atom is -0.370 e. The lowest BCUT2D eigenvalue weighted by molar-refractivity contribution is 0.766. The third kappa shape index (κ3) is 2.85. The molecule has 0 spiro atoms. The van der Waals surface area contributed by atoms with Crippen molar-refractivity contribution in [2.75, 3.05) is 11.9 Å². The van der Waals surface area contributed by atoms with E-state index >= 15 is 0 Å². The maximum absolute atomic E-state index is 4.60. The minimum absolute atomic E-state index is 0.700. The van der Waals surface area contributed by atoms with E-state index in [1.807, 2.05) is 33.4 Å². The van der Waals surface area contributed by atoms with Gasteiger partial charge < -0.3 is 5.32 Å². The molecule has 0 saturated heterocycles. The second-order valence-electron chi connectivity index (χ2n) is 4.66. The highest BCUT2D eigenvalue weighted by Crippen LogP contribution is 2.24. The predicted molar refractivity (Wildman–Crippen MR) is 83.2 cm³/mol. The number of thioether (sulfide) groups is 1. The topological polar surface area (TPSA) is 73.5 Å². The average molecular weight is 303 g/mol. The summed E-state index contributed by atoms with van der Waals surface area (Å²) in [7, 11) is 3.80. The number of nitrogens with one attached hydrogen (secondary N) is 1. The van der Waals surface area contributed by atoms with Gasteiger partial charge in [-0.2, -0.15) is 10.2 Å². The van der Waals surface area contributed by atoms with Crippen molar-refractivity contribution in [3.63, 3.8) is 0 Å². The standard InChI is InChI=1S/C13H17N7S/c1-4-14-12-10-6-16-20(3)13(10)18-11(17-12)8-21-9-5-15-19(2)7-9/h5-7H,4,8H2,1-3H3,(H,14,17,18). The fourth-order valence-electron chi connectivity index (χ4n) is 2.06. The Morgan fingerprint density at radius 1 is 1.19 bits per heavy atom. The molecule has 3 rings (SSSR count). The summed E-state index contributed by atoms with van der Waals surface area (Å²) in [6, 6.07) is 0. The zero-order chi connectivity index (χ0) is 14.8. The van der Waals surface area contributed by atoms with Crippen molar-refractivity contribution in [3.8, 4) is 0 Å². The summed E-state index contributed by atoms with van der Waals surface area (Å²) in [4.78, 5) is 10.3. The van der Waals surface area contributed by atoms with Crippen molar-refractivity contribution in [3.05, 3.63) is 24.4 Å². The summed E-state index contributed by atoms with van der Waals surface area (Å²) in [5.74, 6) is 2.33. The zero-order valence-corrected chi connectivity index (χ0v) is 13.1. The van der Waals surface area contributed by atoms with Crippen LogP contribution in [0.3, 0.4) is 0 Å². The molecule has 0 unspecified atom stereocenters. The molecule has 0 aliphatic carbocycles. The molecule has 0 aliphatic rings. The van der Waals surface area contributed by atoms with E-state index in [0.29, 0.717) is 5.75 Å². The monoisotopic (exact) mass is 303 g/mol. The van der Waals surface area contributed by atoms with Gasteiger partial charge in [-0.1, -0.05) is 0 Å². The van der Waals surface area contributed by atoms with Crippen LogP contribution in [0, 0.1) is 0 Å². The third-order valence-corrected chi connectivity index (χ3v) is 3.98. The highest BCUT2D eigenvalue weighted by Gasteiger charge is 2.11. The highest BCUT2D eigenvalue weighted by molar-refractivity contribution is 7.98. The van der Waals surface area contributed by atoms with Crippen molar-refractivity contribution in [1.82, 2.24) is 29.5 Å². The average Bonchev–Trinajstić information content (AvgIpc) is 3.04. The van der Waals surface area contributed by atoms with E-state index in [0.717, 1.165) is 34.1 Å². The molecule has 0 aliphatic heterocycles. The Morgan fingerprint density at radius 3 is 2.76 bits per heavy atom. The lowest BCUT2D eigenvalue weighted by Gasteiger charge is -2.06. The Bertz CT molecular complexity index is 761. The number of fused-ring (bicyclic) bond motifs is 1. The summed E-state index contributed by atoms with van der Waals surface area (Å²) in [6.07, 6.45) is 5.63. The van der Waals surface area contributed by atoms with Gasteiger partial charge in [0.2, 0.25) is 0 Å². The van der Waals surface area contributed by atoms with Crippen molar-refractivity contribution >= 4 is 28.6 Å². The van der Waals surface area contributed by atoms with Crippen LogP contribution in [-0.4, -0.2) is 36.1 Å². The van der Waals surface area contributed by atoms with Crippen LogP contribution in [0.25, 0.3) is 11.0 Å². The van der Waals surface area contributed by atoms with Gasteiger partial charge in [-0.15, -0.1) is 11.8 Å². The van der Waals surface area contributed by atoms with E-state index in [-0.39, 0.29) is 0 Å². The van der Waals surface area contributed by atoms with Crippen LogP contribution in [0.1, 0.15) is 12.7 Å². The van der Waals surface area contributed by atoms with Crippen molar-refractivity contribution in [1.29, 1.82) is 0 Å². The van der Waals surface area contributed by atoms with Crippen LogP contribution in [-0.2, 0) is 19.8 Å². The molecule has 0 radical (unpaired) electrons. The first-order valence-corrected chi connectivity index (χ1v) is 7.70. The lowest BCUT2D eigenvalue weighted by atomic mass is 10.4. The molecular weight excluding hydrogens is 286 g/mol. The number of aryl methyl sites for hydroxylation is 2. The molecule has 0 saturated carbocycles. The quantitative estimate of drug-likeness (QED) is 0.725. The van der Waals surface area contributed by atoms with Crippen molar-refractivity contribution < 1.29 is 0 Å². The second kappa shape index (κ2) is 5.72. The van der Waals surface area contributed by atoms with Gasteiger partial charge in [-0.05, 0) is 6.92 Å². The van der Waals surface area contributed by atoms with Crippen LogP contribution >= 0.6 is 11.8 Å². The highest BCUT2D eigenvalue weighted by atomic mass is 32.2. The molecule has 0 fully saturated rings. The maximum Gasteiger partial charge on any atom is 0.163 e. The third-order valence-electron chi connectivity index (χ3n) is 3.03. The summed E-state index contributed by atoms with van der Waals surface area (Å²) in [6.45, 7) is 2.87. The maximum atomic E-state index is 4.60. The summed E-state index contributed by atoms with van der Waals surface area (Å²) >= 11 is 1.67. The van der Waals surface area contributed by atoms with Crippen LogP contribution in [0.15, 0.2) is 23.5 Å². The second-order valence-corrected chi connectivity index (χ2v) is 5.71. The molecular formula is C13H17N7S. The number of rotatable bonds is 5. The summed E-state index contributed by atoms with van der Waals surface area (Å²) < 4.78 is 3.56. The fraction of sp³-hybridized carbons (Fsp3) is 0.385. The van der Waals surface area contributed by atoms with Crippen LogP contribution < -0.4 is 5.32 Å². The van der Waals surface area contributed by atoms with Gasteiger partial charge in [0.1, 0.15) is 11.6 Å². The van der Waals surface area contributed by atoms with E-state index in [9.17, 15) is 0 Å². The smallest absolute Gasteiger partial charge is 0.163 e. The summed E-state index contributed by atoms with van der Waals surface area (Å²) in [5.41, 5.74) is 0.850. The molecule has 0 bridgehead atoms. The van der Waals surface area contributed by atoms with Gasteiger partial charge in [-0.3, -0.25) is 9.36 Å². The van der Waals surface area contributed by atoms with E-state index in [2.05, 4.69) is 25.5 Å². The Kier molecular flexibility index (Phi) is 3.78. The molecule has 110 valence electrons. The SMILES string of the molecule is CCNc1nc(CSc2cnn(C)c2)nc2c1cnn2C. The Balaban J connectivity index is 1.89. The van der Waals surface area contributed by atoms with Crippen molar-refractivity contribution in [2.45, 2.75) is 17.6 Å². The molecule has 8 heteroatoms. The number of aromatic nitrogens is 6. The van der Waals surface area contributed by atoms with Crippen LogP contribution in [0.5, 0.6) is 0 Å². The Labute approximate surface area is 126 Å². The van der Waals surface area contributed by atoms with Gasteiger partial charge in [0.05, 0.1) is 23.5 Å². The molecule has 7 nitrogen and oxygen atoms in total. The molecule has 1 N–H and O–H groups in total. The van der Waals surface area contributed by atoms with Crippen molar-refractivity contribution in [2.24, 2.45) is 14.1 Å². The summed E-state index contributed by atoms with van der Waals surface area (Å²) in [5, 5.41) is 12.6. The van der Waals surface area contributed by atoms with Gasteiger partial charge in [0.15, 0.2) is 5.65 Å². The number of hydrogen-bond acceptors (Lipinski definition) is 6. The first kappa shape index (κ1) is 13.9. The first-order valence-electron chi connectivity index (χ1n) is 6.71. The first-order chi connectivity index (χ1) is 10.2. The molecule has 3 heterocycles. The number of nitrogens with zero attached hydrogens (tertiary/aromatic N) is 6. The molecule has 3 aromatic rings.